The first-order chi connectivity index (χ1) is 15.9. The highest BCUT2D eigenvalue weighted by Crippen LogP contribution is 2.37. The van der Waals surface area contributed by atoms with Crippen LogP contribution in [0, 0.1) is 0 Å². The molecule has 1 unspecified atom stereocenters. The van der Waals surface area contributed by atoms with Crippen LogP contribution in [0.2, 0.25) is 5.02 Å². The van der Waals surface area contributed by atoms with Crippen LogP contribution >= 0.6 is 11.6 Å². The Labute approximate surface area is 198 Å². The molecule has 1 amide bonds. The zero-order chi connectivity index (χ0) is 24.4. The van der Waals surface area contributed by atoms with Crippen molar-refractivity contribution < 1.29 is 33.3 Å². The van der Waals surface area contributed by atoms with Gasteiger partial charge in [-0.05, 0) is 48.4 Å². The molecular weight excluding hydrogens is 450 g/mol. The minimum Gasteiger partial charge on any atom is -0.493 e. The molecule has 0 fully saturated rings. The highest BCUT2D eigenvalue weighted by atomic mass is 35.5. The van der Waals surface area contributed by atoms with Gasteiger partial charge in [-0.15, -0.1) is 0 Å². The normalized spacial score (nSPS) is 11.6. The van der Waals surface area contributed by atoms with Crippen molar-refractivity contribution in [3.8, 4) is 23.0 Å². The molecule has 0 bridgehead atoms. The van der Waals surface area contributed by atoms with E-state index in [0.29, 0.717) is 45.8 Å². The van der Waals surface area contributed by atoms with E-state index in [1.54, 1.807) is 36.4 Å². The molecule has 178 valence electrons. The first-order valence-corrected chi connectivity index (χ1v) is 10.5. The smallest absolute Gasteiger partial charge is 0.307 e. The lowest BCUT2D eigenvalue weighted by Crippen LogP contribution is -2.29. The summed E-state index contributed by atoms with van der Waals surface area (Å²) in [5.41, 5.74) is 1.30. The molecule has 9 heteroatoms. The molecule has 0 radical (unpaired) electrons. The molecule has 0 heterocycles. The van der Waals surface area contributed by atoms with Gasteiger partial charge < -0.3 is 29.0 Å². The van der Waals surface area contributed by atoms with Gasteiger partial charge in [-0.3, -0.25) is 9.59 Å². The molecule has 0 saturated carbocycles. The third kappa shape index (κ3) is 7.05. The summed E-state index contributed by atoms with van der Waals surface area (Å²) in [6.45, 7) is 2.28. The van der Waals surface area contributed by atoms with E-state index in [2.05, 4.69) is 5.32 Å². The predicted octanol–water partition coefficient (Wildman–Crippen LogP) is 4.20. The quantitative estimate of drug-likeness (QED) is 0.383. The summed E-state index contributed by atoms with van der Waals surface area (Å²) in [6, 6.07) is 7.88. The molecule has 8 nitrogen and oxygen atoms in total. The van der Waals surface area contributed by atoms with Gasteiger partial charge in [-0.1, -0.05) is 17.7 Å². The van der Waals surface area contributed by atoms with Crippen molar-refractivity contribution in [2.24, 2.45) is 0 Å². The minimum atomic E-state index is -0.645. The maximum Gasteiger partial charge on any atom is 0.307 e. The number of methoxy groups -OCH3 is 4. The molecule has 1 atom stereocenters. The number of rotatable bonds is 11. The molecule has 0 aromatic heterocycles. The number of amides is 1. The van der Waals surface area contributed by atoms with Gasteiger partial charge >= 0.3 is 5.97 Å². The number of esters is 1. The summed E-state index contributed by atoms with van der Waals surface area (Å²) in [4.78, 5) is 24.6. The van der Waals surface area contributed by atoms with Crippen LogP contribution in [0.4, 0.5) is 0 Å². The van der Waals surface area contributed by atoms with Crippen LogP contribution in [0.25, 0.3) is 6.08 Å². The van der Waals surface area contributed by atoms with E-state index in [1.165, 1.54) is 34.5 Å². The Balaban J connectivity index is 2.25. The van der Waals surface area contributed by atoms with E-state index in [-0.39, 0.29) is 6.42 Å². The van der Waals surface area contributed by atoms with Gasteiger partial charge in [-0.25, -0.2) is 0 Å². The molecule has 1 N–H and O–H groups in total. The third-order valence-corrected chi connectivity index (χ3v) is 4.97. The topological polar surface area (TPSA) is 92.3 Å². The lowest BCUT2D eigenvalue weighted by atomic mass is 10.0. The summed E-state index contributed by atoms with van der Waals surface area (Å²) >= 11 is 6.29. The minimum absolute atomic E-state index is 0.0612. The van der Waals surface area contributed by atoms with Gasteiger partial charge in [0.2, 0.25) is 5.91 Å². The fraction of sp³-hybridized carbons (Fsp3) is 0.333. The number of hydrogen-bond acceptors (Lipinski definition) is 7. The molecular formula is C24H28ClNO7. The lowest BCUT2D eigenvalue weighted by Gasteiger charge is -2.19. The van der Waals surface area contributed by atoms with Gasteiger partial charge in [0.05, 0.1) is 52.5 Å². The average molecular weight is 478 g/mol. The molecule has 33 heavy (non-hydrogen) atoms. The van der Waals surface area contributed by atoms with Crippen LogP contribution in [0.1, 0.15) is 30.5 Å². The van der Waals surface area contributed by atoms with E-state index in [9.17, 15) is 9.59 Å². The third-order valence-electron chi connectivity index (χ3n) is 4.69. The van der Waals surface area contributed by atoms with E-state index in [4.69, 9.17) is 35.3 Å². The highest BCUT2D eigenvalue weighted by molar-refractivity contribution is 6.32. The number of carbonyl (C=O) groups is 2. The van der Waals surface area contributed by atoms with Gasteiger partial charge in [0.15, 0.2) is 23.0 Å². The standard InChI is InChI=1S/C24H28ClNO7/c1-6-33-24-17(25)11-15(12-21(24)31-4)7-10-22(27)26-18(14-23(28)32-5)16-8-9-19(29-2)20(13-16)30-3/h7-13,18H,6,14H2,1-5H3,(H,26,27)/b10-7+. The average Bonchev–Trinajstić information content (AvgIpc) is 2.82. The Bertz CT molecular complexity index is 1010. The Morgan fingerprint density at radius 3 is 2.30 bits per heavy atom. The largest absolute Gasteiger partial charge is 0.493 e. The van der Waals surface area contributed by atoms with Crippen molar-refractivity contribution in [1.29, 1.82) is 0 Å². The van der Waals surface area contributed by atoms with Crippen LogP contribution in [-0.4, -0.2) is 46.9 Å². The zero-order valence-electron chi connectivity index (χ0n) is 19.3. The van der Waals surface area contributed by atoms with Crippen molar-refractivity contribution in [2.75, 3.05) is 35.0 Å². The molecule has 0 saturated heterocycles. The van der Waals surface area contributed by atoms with E-state index in [1.807, 2.05) is 6.92 Å². The zero-order valence-corrected chi connectivity index (χ0v) is 20.0. The molecule has 0 aliphatic heterocycles. The van der Waals surface area contributed by atoms with Gasteiger partial charge in [0.25, 0.3) is 0 Å². The molecule has 2 aromatic carbocycles. The van der Waals surface area contributed by atoms with Crippen molar-refractivity contribution in [1.82, 2.24) is 5.32 Å². The molecule has 0 spiro atoms. The number of nitrogens with one attached hydrogen (secondary N) is 1. The summed E-state index contributed by atoms with van der Waals surface area (Å²) < 4.78 is 26.2. The van der Waals surface area contributed by atoms with E-state index in [0.717, 1.165) is 0 Å². The second-order valence-corrected chi connectivity index (χ2v) is 7.16. The lowest BCUT2D eigenvalue weighted by molar-refractivity contribution is -0.141. The number of ether oxygens (including phenoxy) is 5. The summed E-state index contributed by atoms with van der Waals surface area (Å²) in [5.74, 6) is 1.02. The first kappa shape index (κ1) is 25.9. The fourth-order valence-electron chi connectivity index (χ4n) is 3.08. The van der Waals surface area contributed by atoms with Crippen LogP contribution in [0.5, 0.6) is 23.0 Å². The highest BCUT2D eigenvalue weighted by Gasteiger charge is 2.20. The summed E-state index contributed by atoms with van der Waals surface area (Å²) in [6.07, 6.45) is 2.87. The van der Waals surface area contributed by atoms with Crippen molar-refractivity contribution in [3.05, 3.63) is 52.6 Å². The number of halogens is 1. The molecule has 2 aromatic rings. The maximum absolute atomic E-state index is 12.7. The van der Waals surface area contributed by atoms with Crippen molar-refractivity contribution in [3.63, 3.8) is 0 Å². The Morgan fingerprint density at radius 1 is 1.00 bits per heavy atom. The summed E-state index contributed by atoms with van der Waals surface area (Å²) in [7, 11) is 5.83. The number of benzene rings is 2. The molecule has 0 aliphatic carbocycles. The van der Waals surface area contributed by atoms with Crippen molar-refractivity contribution in [2.45, 2.75) is 19.4 Å². The van der Waals surface area contributed by atoms with Gasteiger partial charge in [0.1, 0.15) is 0 Å². The SMILES string of the molecule is CCOc1c(Cl)cc(/C=C/C(=O)NC(CC(=O)OC)c2ccc(OC)c(OC)c2)cc1OC. The van der Waals surface area contributed by atoms with Gasteiger partial charge in [-0.2, -0.15) is 0 Å². The Hall–Kier alpha value is -3.39. The predicted molar refractivity (Wildman–Crippen MR) is 125 cm³/mol. The summed E-state index contributed by atoms with van der Waals surface area (Å²) in [5, 5.41) is 3.19. The Morgan fingerprint density at radius 2 is 1.70 bits per heavy atom. The number of carbonyl (C=O) groups excluding carboxylic acids is 2. The van der Waals surface area contributed by atoms with Crippen LogP contribution in [0.15, 0.2) is 36.4 Å². The van der Waals surface area contributed by atoms with Crippen LogP contribution in [-0.2, 0) is 14.3 Å². The number of hydrogen-bond donors (Lipinski definition) is 1. The molecule has 2 rings (SSSR count). The monoisotopic (exact) mass is 477 g/mol. The van der Waals surface area contributed by atoms with E-state index >= 15 is 0 Å². The second-order valence-electron chi connectivity index (χ2n) is 6.76. The van der Waals surface area contributed by atoms with Crippen LogP contribution in [0.3, 0.4) is 0 Å². The molecule has 0 aliphatic rings. The first-order valence-electron chi connectivity index (χ1n) is 10.1. The second kappa shape index (κ2) is 12.6. The Kier molecular flexibility index (Phi) is 9.87. The van der Waals surface area contributed by atoms with E-state index < -0.39 is 17.9 Å². The fourth-order valence-corrected chi connectivity index (χ4v) is 3.36. The van der Waals surface area contributed by atoms with Crippen molar-refractivity contribution >= 4 is 29.6 Å². The van der Waals surface area contributed by atoms with Gasteiger partial charge in [0, 0.05) is 6.08 Å². The van der Waals surface area contributed by atoms with Crippen LogP contribution < -0.4 is 24.3 Å². The maximum atomic E-state index is 12.7.